The molecule has 0 aliphatic rings. The molecular formula is C14H12FN3O3S. The monoisotopic (exact) mass is 321 g/mol. The zero-order valence-electron chi connectivity index (χ0n) is 11.5. The van der Waals surface area contributed by atoms with Gasteiger partial charge in [0.05, 0.1) is 18.1 Å². The number of nitrogens with zero attached hydrogens (tertiary/aromatic N) is 1. The second-order valence-electron chi connectivity index (χ2n) is 4.23. The molecule has 2 rings (SSSR count). The van der Waals surface area contributed by atoms with Crippen molar-refractivity contribution in [3.8, 4) is 5.75 Å². The first-order valence-electron chi connectivity index (χ1n) is 6.15. The number of thiocarbonyl (C=S) groups is 1. The molecule has 0 radical (unpaired) electrons. The highest BCUT2D eigenvalue weighted by Gasteiger charge is 2.16. The third-order valence-electron chi connectivity index (χ3n) is 2.73. The fraction of sp³-hybridized carbons (Fsp3) is 0.0714. The lowest BCUT2D eigenvalue weighted by Crippen LogP contribution is -2.19. The van der Waals surface area contributed by atoms with Crippen molar-refractivity contribution in [1.82, 2.24) is 0 Å². The van der Waals surface area contributed by atoms with E-state index in [1.807, 2.05) is 0 Å². The fourth-order valence-electron chi connectivity index (χ4n) is 1.75. The van der Waals surface area contributed by atoms with E-state index in [-0.39, 0.29) is 16.5 Å². The maximum atomic E-state index is 13.1. The third kappa shape index (κ3) is 3.89. The molecule has 0 aliphatic heterocycles. The summed E-state index contributed by atoms with van der Waals surface area (Å²) in [6, 6.07) is 10.0. The lowest BCUT2D eigenvalue weighted by molar-refractivity contribution is -0.384. The summed E-state index contributed by atoms with van der Waals surface area (Å²) in [5.41, 5.74) is 0.469. The molecule has 114 valence electrons. The molecule has 0 heterocycles. The molecule has 0 spiro atoms. The molecule has 2 aromatic rings. The SMILES string of the molecule is COc1ccc(NC(=S)Nc2cccc(F)c2)c([N+](=O)[O-])c1. The van der Waals surface area contributed by atoms with E-state index in [1.54, 1.807) is 12.1 Å². The quantitative estimate of drug-likeness (QED) is 0.509. The number of nitrogens with one attached hydrogen (secondary N) is 2. The third-order valence-corrected chi connectivity index (χ3v) is 2.94. The van der Waals surface area contributed by atoms with Crippen LogP contribution in [0.5, 0.6) is 5.75 Å². The Balaban J connectivity index is 2.16. The number of hydrogen-bond acceptors (Lipinski definition) is 4. The van der Waals surface area contributed by atoms with E-state index in [4.69, 9.17) is 17.0 Å². The Bertz CT molecular complexity index is 724. The zero-order chi connectivity index (χ0) is 16.1. The number of methoxy groups -OCH3 is 1. The van der Waals surface area contributed by atoms with Crippen molar-refractivity contribution < 1.29 is 14.1 Å². The maximum absolute atomic E-state index is 13.1. The number of ether oxygens (including phenoxy) is 1. The molecule has 8 heteroatoms. The fourth-order valence-corrected chi connectivity index (χ4v) is 1.97. The number of benzene rings is 2. The summed E-state index contributed by atoms with van der Waals surface area (Å²) in [6.45, 7) is 0. The van der Waals surface area contributed by atoms with Gasteiger partial charge in [-0.25, -0.2) is 4.39 Å². The molecule has 0 saturated heterocycles. The molecule has 2 N–H and O–H groups in total. The molecule has 0 bridgehead atoms. The van der Waals surface area contributed by atoms with Gasteiger partial charge in [-0.1, -0.05) is 6.07 Å². The highest BCUT2D eigenvalue weighted by atomic mass is 32.1. The second kappa shape index (κ2) is 6.81. The number of anilines is 2. The van der Waals surface area contributed by atoms with E-state index in [1.165, 1.54) is 37.4 Å². The van der Waals surface area contributed by atoms with Crippen LogP contribution in [-0.4, -0.2) is 17.1 Å². The highest BCUT2D eigenvalue weighted by molar-refractivity contribution is 7.80. The van der Waals surface area contributed by atoms with Crippen LogP contribution in [0.2, 0.25) is 0 Å². The van der Waals surface area contributed by atoms with Gasteiger partial charge in [0.2, 0.25) is 0 Å². The molecule has 0 aromatic heterocycles. The molecule has 0 aliphatic carbocycles. The van der Waals surface area contributed by atoms with Gasteiger partial charge in [0.15, 0.2) is 5.11 Å². The lowest BCUT2D eigenvalue weighted by Gasteiger charge is -2.11. The van der Waals surface area contributed by atoms with Crippen molar-refractivity contribution in [3.63, 3.8) is 0 Å². The molecule has 22 heavy (non-hydrogen) atoms. The zero-order valence-corrected chi connectivity index (χ0v) is 12.3. The Morgan fingerprint density at radius 1 is 1.27 bits per heavy atom. The van der Waals surface area contributed by atoms with Gasteiger partial charge in [-0.15, -0.1) is 0 Å². The van der Waals surface area contributed by atoms with Crippen molar-refractivity contribution >= 4 is 34.4 Å². The van der Waals surface area contributed by atoms with Crippen LogP contribution in [-0.2, 0) is 0 Å². The van der Waals surface area contributed by atoms with Gasteiger partial charge in [-0.3, -0.25) is 10.1 Å². The summed E-state index contributed by atoms with van der Waals surface area (Å²) in [5, 5.41) is 16.6. The van der Waals surface area contributed by atoms with E-state index in [9.17, 15) is 14.5 Å². The maximum Gasteiger partial charge on any atom is 0.296 e. The van der Waals surface area contributed by atoms with Crippen LogP contribution in [0.3, 0.4) is 0 Å². The van der Waals surface area contributed by atoms with E-state index < -0.39 is 10.7 Å². The Morgan fingerprint density at radius 2 is 2.05 bits per heavy atom. The number of nitro groups is 1. The smallest absolute Gasteiger partial charge is 0.296 e. The average molecular weight is 321 g/mol. The summed E-state index contributed by atoms with van der Waals surface area (Å²) >= 11 is 5.07. The molecular weight excluding hydrogens is 309 g/mol. The minimum Gasteiger partial charge on any atom is -0.496 e. The van der Waals surface area contributed by atoms with E-state index in [0.717, 1.165) is 0 Å². The Hall–Kier alpha value is -2.74. The molecule has 6 nitrogen and oxygen atoms in total. The standard InChI is InChI=1S/C14H12FN3O3S/c1-21-11-5-6-12(13(8-11)18(19)20)17-14(22)16-10-4-2-3-9(15)7-10/h2-8H,1H3,(H2,16,17,22). The molecule has 0 saturated carbocycles. The second-order valence-corrected chi connectivity index (χ2v) is 4.64. The van der Waals surface area contributed by atoms with Crippen LogP contribution in [0.25, 0.3) is 0 Å². The molecule has 0 unspecified atom stereocenters. The molecule has 2 aromatic carbocycles. The van der Waals surface area contributed by atoms with Crippen LogP contribution >= 0.6 is 12.2 Å². The van der Waals surface area contributed by atoms with Gasteiger partial charge in [0.25, 0.3) is 5.69 Å². The van der Waals surface area contributed by atoms with Crippen molar-refractivity contribution in [1.29, 1.82) is 0 Å². The van der Waals surface area contributed by atoms with Crippen LogP contribution in [0.15, 0.2) is 42.5 Å². The van der Waals surface area contributed by atoms with Crippen LogP contribution in [0.1, 0.15) is 0 Å². The minimum absolute atomic E-state index is 0.110. The Kier molecular flexibility index (Phi) is 4.84. The Morgan fingerprint density at radius 3 is 2.68 bits per heavy atom. The first kappa shape index (κ1) is 15.6. The highest BCUT2D eigenvalue weighted by Crippen LogP contribution is 2.29. The van der Waals surface area contributed by atoms with Gasteiger partial charge < -0.3 is 15.4 Å². The predicted molar refractivity (Wildman–Crippen MR) is 85.9 cm³/mol. The summed E-state index contributed by atoms with van der Waals surface area (Å²) in [7, 11) is 1.42. The normalized spacial score (nSPS) is 9.91. The summed E-state index contributed by atoms with van der Waals surface area (Å²) < 4.78 is 18.0. The van der Waals surface area contributed by atoms with Gasteiger partial charge in [0.1, 0.15) is 17.3 Å². The van der Waals surface area contributed by atoms with Crippen molar-refractivity contribution in [2.75, 3.05) is 17.7 Å². The van der Waals surface area contributed by atoms with Crippen molar-refractivity contribution in [2.24, 2.45) is 0 Å². The number of rotatable bonds is 4. The number of nitro benzene ring substituents is 1. The van der Waals surface area contributed by atoms with Crippen LogP contribution in [0, 0.1) is 15.9 Å². The first-order valence-corrected chi connectivity index (χ1v) is 6.56. The van der Waals surface area contributed by atoms with Crippen molar-refractivity contribution in [2.45, 2.75) is 0 Å². The summed E-state index contributed by atoms with van der Waals surface area (Å²) in [6.07, 6.45) is 0. The largest absolute Gasteiger partial charge is 0.496 e. The molecule has 0 atom stereocenters. The van der Waals surface area contributed by atoms with Gasteiger partial charge >= 0.3 is 0 Å². The van der Waals surface area contributed by atoms with E-state index in [0.29, 0.717) is 11.4 Å². The van der Waals surface area contributed by atoms with E-state index in [2.05, 4.69) is 10.6 Å². The lowest BCUT2D eigenvalue weighted by atomic mass is 10.2. The van der Waals surface area contributed by atoms with Crippen LogP contribution in [0.4, 0.5) is 21.5 Å². The summed E-state index contributed by atoms with van der Waals surface area (Å²) in [5.74, 6) is -0.0514. The average Bonchev–Trinajstić information content (AvgIpc) is 2.47. The van der Waals surface area contributed by atoms with Gasteiger partial charge in [-0.05, 0) is 42.5 Å². The predicted octanol–water partition coefficient (Wildman–Crippen LogP) is 3.55. The van der Waals surface area contributed by atoms with Gasteiger partial charge in [0, 0.05) is 5.69 Å². The van der Waals surface area contributed by atoms with Crippen molar-refractivity contribution in [3.05, 3.63) is 58.4 Å². The van der Waals surface area contributed by atoms with E-state index >= 15 is 0 Å². The first-order chi connectivity index (χ1) is 10.5. The molecule has 0 fully saturated rings. The molecule has 0 amide bonds. The topological polar surface area (TPSA) is 76.4 Å². The van der Waals surface area contributed by atoms with Gasteiger partial charge in [-0.2, -0.15) is 0 Å². The Labute approximate surface area is 131 Å². The number of hydrogen-bond donors (Lipinski definition) is 2. The number of halogens is 1. The van der Waals surface area contributed by atoms with Crippen LogP contribution < -0.4 is 15.4 Å². The summed E-state index contributed by atoms with van der Waals surface area (Å²) in [4.78, 5) is 10.5. The minimum atomic E-state index is -0.546.